The van der Waals surface area contributed by atoms with Crippen LogP contribution in [0.2, 0.25) is 0 Å². The number of hydrogen-bond donors (Lipinski definition) is 0. The second kappa shape index (κ2) is 8.28. The Hall–Kier alpha value is -2.45. The van der Waals surface area contributed by atoms with Crippen molar-refractivity contribution in [3.8, 4) is 5.75 Å². The second-order valence-corrected chi connectivity index (χ2v) is 8.67. The molecule has 0 atom stereocenters. The van der Waals surface area contributed by atoms with E-state index in [4.69, 9.17) is 4.74 Å². The van der Waals surface area contributed by atoms with Crippen LogP contribution in [0.4, 0.5) is 4.39 Å². The number of benzene rings is 2. The van der Waals surface area contributed by atoms with Crippen molar-refractivity contribution in [1.82, 2.24) is 9.21 Å². The maximum absolute atomic E-state index is 14.3. The van der Waals surface area contributed by atoms with Crippen molar-refractivity contribution in [1.29, 1.82) is 0 Å². The van der Waals surface area contributed by atoms with E-state index in [0.29, 0.717) is 25.4 Å². The molecule has 1 amide bonds. The summed E-state index contributed by atoms with van der Waals surface area (Å²) in [5.41, 5.74) is 1.03. The number of sulfonamides is 1. The van der Waals surface area contributed by atoms with Gasteiger partial charge < -0.3 is 9.64 Å². The Labute approximate surface area is 164 Å². The van der Waals surface area contributed by atoms with Gasteiger partial charge in [0.2, 0.25) is 10.0 Å². The minimum absolute atomic E-state index is 0.134. The summed E-state index contributed by atoms with van der Waals surface area (Å²) in [7, 11) is -0.752. The molecule has 0 spiro atoms. The minimum atomic E-state index is -3.94. The summed E-state index contributed by atoms with van der Waals surface area (Å²) in [6.45, 7) is 1.07. The van der Waals surface area contributed by atoms with Crippen molar-refractivity contribution in [2.45, 2.75) is 24.3 Å². The summed E-state index contributed by atoms with van der Waals surface area (Å²) in [5, 5.41) is 0. The van der Waals surface area contributed by atoms with Gasteiger partial charge in [-0.1, -0.05) is 12.1 Å². The first-order chi connectivity index (χ1) is 13.3. The third kappa shape index (κ3) is 4.18. The highest BCUT2D eigenvalue weighted by molar-refractivity contribution is 7.89. The summed E-state index contributed by atoms with van der Waals surface area (Å²) >= 11 is 0. The van der Waals surface area contributed by atoms with Gasteiger partial charge in [-0.25, -0.2) is 12.8 Å². The van der Waals surface area contributed by atoms with Gasteiger partial charge in [0.1, 0.15) is 16.5 Å². The molecule has 0 N–H and O–H groups in total. The van der Waals surface area contributed by atoms with Crippen LogP contribution in [0.25, 0.3) is 0 Å². The average molecular weight is 406 g/mol. The zero-order valence-corrected chi connectivity index (χ0v) is 16.7. The molecule has 0 radical (unpaired) electrons. The van der Waals surface area contributed by atoms with Gasteiger partial charge in [0, 0.05) is 32.2 Å². The van der Waals surface area contributed by atoms with Crippen molar-refractivity contribution in [2.75, 3.05) is 27.2 Å². The molecule has 1 aliphatic heterocycles. The number of nitrogens with zero attached hydrogens (tertiary/aromatic N) is 2. The van der Waals surface area contributed by atoms with E-state index in [1.54, 1.807) is 26.3 Å². The lowest BCUT2D eigenvalue weighted by molar-refractivity contribution is 0.0784. The van der Waals surface area contributed by atoms with Crippen molar-refractivity contribution < 1.29 is 22.3 Å². The van der Waals surface area contributed by atoms with Gasteiger partial charge in [0.25, 0.3) is 5.91 Å². The molecule has 150 valence electrons. The third-order valence-corrected chi connectivity index (χ3v) is 6.70. The van der Waals surface area contributed by atoms with Crippen LogP contribution in [-0.4, -0.2) is 50.8 Å². The topological polar surface area (TPSA) is 66.9 Å². The molecule has 28 heavy (non-hydrogen) atoms. The first-order valence-corrected chi connectivity index (χ1v) is 10.4. The zero-order chi connectivity index (χ0) is 20.3. The molecule has 1 fully saturated rings. The van der Waals surface area contributed by atoms with Crippen molar-refractivity contribution in [3.05, 3.63) is 59.4 Å². The van der Waals surface area contributed by atoms with Gasteiger partial charge in [-0.3, -0.25) is 4.79 Å². The van der Waals surface area contributed by atoms with E-state index in [1.165, 1.54) is 15.3 Å². The molecule has 1 saturated heterocycles. The molecule has 2 aromatic rings. The lowest BCUT2D eigenvalue weighted by Crippen LogP contribution is -2.30. The number of hydrogen-bond acceptors (Lipinski definition) is 4. The molecule has 8 heteroatoms. The van der Waals surface area contributed by atoms with Crippen LogP contribution in [0, 0.1) is 5.82 Å². The van der Waals surface area contributed by atoms with Crippen molar-refractivity contribution >= 4 is 15.9 Å². The normalized spacial score (nSPS) is 14.8. The van der Waals surface area contributed by atoms with Gasteiger partial charge in [0.15, 0.2) is 0 Å². The largest absolute Gasteiger partial charge is 0.497 e. The van der Waals surface area contributed by atoms with Gasteiger partial charge in [-0.15, -0.1) is 0 Å². The van der Waals surface area contributed by atoms with Gasteiger partial charge in [-0.05, 0) is 48.7 Å². The Morgan fingerprint density at radius 3 is 2.39 bits per heavy atom. The Morgan fingerprint density at radius 1 is 1.14 bits per heavy atom. The fraction of sp³-hybridized carbons (Fsp3) is 0.350. The van der Waals surface area contributed by atoms with Crippen LogP contribution < -0.4 is 4.74 Å². The molecule has 2 aromatic carbocycles. The first kappa shape index (κ1) is 20.3. The molecule has 0 unspecified atom stereocenters. The predicted octanol–water partition coefficient (Wildman–Crippen LogP) is 2.89. The summed E-state index contributed by atoms with van der Waals surface area (Å²) in [6, 6.07) is 10.8. The number of methoxy groups -OCH3 is 1. The average Bonchev–Trinajstić information content (AvgIpc) is 3.24. The fourth-order valence-electron chi connectivity index (χ4n) is 3.20. The highest BCUT2D eigenvalue weighted by atomic mass is 32.2. The number of amides is 1. The Balaban J connectivity index is 1.81. The van der Waals surface area contributed by atoms with E-state index in [9.17, 15) is 17.6 Å². The fourth-order valence-corrected chi connectivity index (χ4v) is 4.81. The maximum Gasteiger partial charge on any atom is 0.253 e. The molecular formula is C20H23FN2O4S. The van der Waals surface area contributed by atoms with Crippen LogP contribution >= 0.6 is 0 Å². The summed E-state index contributed by atoms with van der Waals surface area (Å²) in [4.78, 5) is 13.8. The van der Waals surface area contributed by atoms with E-state index in [0.717, 1.165) is 30.5 Å². The quantitative estimate of drug-likeness (QED) is 0.740. The van der Waals surface area contributed by atoms with E-state index in [1.807, 2.05) is 12.1 Å². The Bertz CT molecular complexity index is 955. The molecule has 1 heterocycles. The molecule has 0 bridgehead atoms. The predicted molar refractivity (Wildman–Crippen MR) is 103 cm³/mol. The standard InChI is InChI=1S/C20H23FN2O4S/c1-22(14-15-5-8-17(27-2)9-6-15)20(24)16-7-10-18(21)19(13-16)28(25,26)23-11-3-4-12-23/h5-10,13H,3-4,11-12,14H2,1-2H3. The van der Waals surface area contributed by atoms with E-state index in [2.05, 4.69) is 0 Å². The number of carbonyl (C=O) groups excluding carboxylic acids is 1. The molecule has 3 rings (SSSR count). The highest BCUT2D eigenvalue weighted by Crippen LogP contribution is 2.25. The van der Waals surface area contributed by atoms with Crippen LogP contribution in [0.3, 0.4) is 0 Å². The molecule has 6 nitrogen and oxygen atoms in total. The number of halogens is 1. The minimum Gasteiger partial charge on any atom is -0.497 e. The van der Waals surface area contributed by atoms with E-state index in [-0.39, 0.29) is 11.5 Å². The summed E-state index contributed by atoms with van der Waals surface area (Å²) in [5.74, 6) is -0.511. The first-order valence-electron chi connectivity index (χ1n) is 9.01. The Kier molecular flexibility index (Phi) is 6.00. The van der Waals surface area contributed by atoms with Gasteiger partial charge in [-0.2, -0.15) is 4.31 Å². The maximum atomic E-state index is 14.3. The molecule has 0 aliphatic carbocycles. The molecule has 0 aromatic heterocycles. The summed E-state index contributed by atoms with van der Waals surface area (Å²) < 4.78 is 46.0. The van der Waals surface area contributed by atoms with E-state index < -0.39 is 20.7 Å². The number of ether oxygens (including phenoxy) is 1. The number of rotatable bonds is 6. The molecular weight excluding hydrogens is 383 g/mol. The smallest absolute Gasteiger partial charge is 0.253 e. The van der Waals surface area contributed by atoms with Crippen LogP contribution in [0.5, 0.6) is 5.75 Å². The van der Waals surface area contributed by atoms with Crippen LogP contribution in [0.1, 0.15) is 28.8 Å². The monoisotopic (exact) mass is 406 g/mol. The van der Waals surface area contributed by atoms with E-state index >= 15 is 0 Å². The molecule has 1 aliphatic rings. The second-order valence-electron chi connectivity index (χ2n) is 6.77. The van der Waals surface area contributed by atoms with Gasteiger partial charge >= 0.3 is 0 Å². The lowest BCUT2D eigenvalue weighted by Gasteiger charge is -2.19. The number of carbonyl (C=O) groups is 1. The van der Waals surface area contributed by atoms with Crippen LogP contribution in [-0.2, 0) is 16.6 Å². The van der Waals surface area contributed by atoms with Crippen LogP contribution in [0.15, 0.2) is 47.4 Å². The van der Waals surface area contributed by atoms with Crippen molar-refractivity contribution in [3.63, 3.8) is 0 Å². The third-order valence-electron chi connectivity index (χ3n) is 4.79. The van der Waals surface area contributed by atoms with Gasteiger partial charge in [0.05, 0.1) is 7.11 Å². The lowest BCUT2D eigenvalue weighted by atomic mass is 10.1. The Morgan fingerprint density at radius 2 is 1.79 bits per heavy atom. The highest BCUT2D eigenvalue weighted by Gasteiger charge is 2.30. The summed E-state index contributed by atoms with van der Waals surface area (Å²) in [6.07, 6.45) is 1.51. The van der Waals surface area contributed by atoms with Crippen molar-refractivity contribution in [2.24, 2.45) is 0 Å². The molecule has 0 saturated carbocycles. The zero-order valence-electron chi connectivity index (χ0n) is 15.9. The SMILES string of the molecule is COc1ccc(CN(C)C(=O)c2ccc(F)c(S(=O)(=O)N3CCCC3)c2)cc1.